The standard InChI is InChI=1S/C18H25NO5/c1-11(20)18(7-8-18)12-9-13(15(23-6)14(10-12)22-5)19-16(21)24-17(2,3)4/h9-10H,7-8H2,1-6H3,(H,19,21). The first-order valence-corrected chi connectivity index (χ1v) is 7.90. The lowest BCUT2D eigenvalue weighted by atomic mass is 9.91. The third-order valence-corrected chi connectivity index (χ3v) is 4.09. The number of carbonyl (C=O) groups excluding carboxylic acids is 2. The molecule has 1 aliphatic rings. The molecule has 132 valence electrons. The SMILES string of the molecule is COc1cc(C2(C(C)=O)CC2)cc(NC(=O)OC(C)(C)C)c1OC. The Kier molecular flexibility index (Phi) is 4.78. The van der Waals surface area contributed by atoms with Crippen LogP contribution in [0.5, 0.6) is 11.5 Å². The zero-order valence-electron chi connectivity index (χ0n) is 15.1. The molecule has 1 amide bonds. The second-order valence-corrected chi connectivity index (χ2v) is 7.02. The molecule has 0 atom stereocenters. The number of rotatable bonds is 5. The topological polar surface area (TPSA) is 73.9 Å². The number of methoxy groups -OCH3 is 2. The van der Waals surface area contributed by atoms with Gasteiger partial charge in [-0.1, -0.05) is 0 Å². The molecule has 0 heterocycles. The van der Waals surface area contributed by atoms with E-state index in [2.05, 4.69) is 5.32 Å². The summed E-state index contributed by atoms with van der Waals surface area (Å²) in [5, 5.41) is 2.69. The molecular formula is C18H25NO5. The molecule has 1 aliphatic carbocycles. The van der Waals surface area contributed by atoms with Gasteiger partial charge < -0.3 is 14.2 Å². The van der Waals surface area contributed by atoms with Crippen molar-refractivity contribution in [2.24, 2.45) is 0 Å². The highest BCUT2D eigenvalue weighted by molar-refractivity contribution is 5.93. The van der Waals surface area contributed by atoms with Crippen molar-refractivity contribution < 1.29 is 23.8 Å². The molecule has 1 saturated carbocycles. The third-order valence-electron chi connectivity index (χ3n) is 4.09. The minimum atomic E-state index is -0.615. The minimum Gasteiger partial charge on any atom is -0.493 e. The number of amides is 1. The van der Waals surface area contributed by atoms with Gasteiger partial charge in [0.25, 0.3) is 0 Å². The van der Waals surface area contributed by atoms with Crippen molar-refractivity contribution in [3.8, 4) is 11.5 Å². The van der Waals surface area contributed by atoms with E-state index in [1.54, 1.807) is 39.8 Å². The van der Waals surface area contributed by atoms with Crippen LogP contribution in [0.2, 0.25) is 0 Å². The fourth-order valence-corrected chi connectivity index (χ4v) is 2.72. The Bertz CT molecular complexity index is 656. The fourth-order valence-electron chi connectivity index (χ4n) is 2.72. The predicted octanol–water partition coefficient (Wildman–Crippen LogP) is 3.67. The molecule has 1 aromatic carbocycles. The summed E-state index contributed by atoms with van der Waals surface area (Å²) in [4.78, 5) is 24.1. The van der Waals surface area contributed by atoms with Crippen molar-refractivity contribution in [2.75, 3.05) is 19.5 Å². The summed E-state index contributed by atoms with van der Waals surface area (Å²) in [6, 6.07) is 3.56. The van der Waals surface area contributed by atoms with Crippen molar-refractivity contribution in [3.63, 3.8) is 0 Å². The van der Waals surface area contributed by atoms with E-state index >= 15 is 0 Å². The smallest absolute Gasteiger partial charge is 0.412 e. The van der Waals surface area contributed by atoms with Gasteiger partial charge in [-0.15, -0.1) is 0 Å². The van der Waals surface area contributed by atoms with Gasteiger partial charge in [0.15, 0.2) is 11.5 Å². The summed E-state index contributed by atoms with van der Waals surface area (Å²) in [7, 11) is 3.02. The largest absolute Gasteiger partial charge is 0.493 e. The van der Waals surface area contributed by atoms with Crippen LogP contribution in [-0.2, 0) is 14.9 Å². The molecular weight excluding hydrogens is 310 g/mol. The molecule has 24 heavy (non-hydrogen) atoms. The van der Waals surface area contributed by atoms with Crippen LogP contribution in [0.25, 0.3) is 0 Å². The molecule has 0 unspecified atom stereocenters. The molecule has 2 rings (SSSR count). The summed E-state index contributed by atoms with van der Waals surface area (Å²) in [6.07, 6.45) is 1.00. The molecule has 1 fully saturated rings. The highest BCUT2D eigenvalue weighted by Gasteiger charge is 2.49. The van der Waals surface area contributed by atoms with Gasteiger partial charge in [0.2, 0.25) is 0 Å². The maximum Gasteiger partial charge on any atom is 0.412 e. The van der Waals surface area contributed by atoms with E-state index in [1.165, 1.54) is 14.2 Å². The van der Waals surface area contributed by atoms with Crippen molar-refractivity contribution in [1.82, 2.24) is 0 Å². The molecule has 0 spiro atoms. The van der Waals surface area contributed by atoms with Gasteiger partial charge in [0.05, 0.1) is 25.3 Å². The quantitative estimate of drug-likeness (QED) is 0.888. The number of nitrogens with one attached hydrogen (secondary N) is 1. The van der Waals surface area contributed by atoms with E-state index in [4.69, 9.17) is 14.2 Å². The number of ether oxygens (including phenoxy) is 3. The number of hydrogen-bond acceptors (Lipinski definition) is 5. The van der Waals surface area contributed by atoms with Gasteiger partial charge >= 0.3 is 6.09 Å². The fraction of sp³-hybridized carbons (Fsp3) is 0.556. The molecule has 6 heteroatoms. The first kappa shape index (κ1) is 18.1. The van der Waals surface area contributed by atoms with E-state index in [0.29, 0.717) is 17.2 Å². The number of ketones is 1. The summed E-state index contributed by atoms with van der Waals surface area (Å²) in [5.41, 5.74) is 0.146. The average Bonchev–Trinajstić information content (AvgIpc) is 3.25. The van der Waals surface area contributed by atoms with Crippen LogP contribution in [-0.4, -0.2) is 31.7 Å². The van der Waals surface area contributed by atoms with Crippen LogP contribution in [0.15, 0.2) is 12.1 Å². The van der Waals surface area contributed by atoms with Gasteiger partial charge in [0, 0.05) is 0 Å². The van der Waals surface area contributed by atoms with Gasteiger partial charge in [-0.25, -0.2) is 4.79 Å². The van der Waals surface area contributed by atoms with Crippen molar-refractivity contribution in [1.29, 1.82) is 0 Å². The zero-order valence-corrected chi connectivity index (χ0v) is 15.1. The first-order valence-electron chi connectivity index (χ1n) is 7.90. The number of benzene rings is 1. The lowest BCUT2D eigenvalue weighted by molar-refractivity contribution is -0.119. The number of carbonyl (C=O) groups is 2. The molecule has 0 saturated heterocycles. The Balaban J connectivity index is 2.41. The lowest BCUT2D eigenvalue weighted by Gasteiger charge is -2.22. The zero-order chi connectivity index (χ0) is 18.1. The van der Waals surface area contributed by atoms with E-state index in [-0.39, 0.29) is 5.78 Å². The van der Waals surface area contributed by atoms with E-state index in [9.17, 15) is 9.59 Å². The maximum atomic E-state index is 12.1. The number of hydrogen-bond donors (Lipinski definition) is 1. The van der Waals surface area contributed by atoms with E-state index < -0.39 is 17.1 Å². The van der Waals surface area contributed by atoms with Crippen LogP contribution in [0, 0.1) is 0 Å². The summed E-state index contributed by atoms with van der Waals surface area (Å²) < 4.78 is 16.0. The number of Topliss-reactive ketones (excluding diaryl/α,β-unsaturated/α-hetero) is 1. The Morgan fingerprint density at radius 2 is 1.75 bits per heavy atom. The third kappa shape index (κ3) is 3.63. The molecule has 0 aliphatic heterocycles. The number of anilines is 1. The maximum absolute atomic E-state index is 12.1. The molecule has 6 nitrogen and oxygen atoms in total. The normalized spacial score (nSPS) is 15.4. The van der Waals surface area contributed by atoms with Crippen molar-refractivity contribution in [2.45, 2.75) is 51.6 Å². The van der Waals surface area contributed by atoms with Gasteiger partial charge in [0.1, 0.15) is 11.4 Å². The van der Waals surface area contributed by atoms with Crippen molar-refractivity contribution >= 4 is 17.6 Å². The second-order valence-electron chi connectivity index (χ2n) is 7.02. The van der Waals surface area contributed by atoms with Crippen molar-refractivity contribution in [3.05, 3.63) is 17.7 Å². The van der Waals surface area contributed by atoms with Crippen LogP contribution in [0.4, 0.5) is 10.5 Å². The van der Waals surface area contributed by atoms with E-state index in [0.717, 1.165) is 18.4 Å². The average molecular weight is 335 g/mol. The van der Waals surface area contributed by atoms with Crippen LogP contribution in [0.1, 0.15) is 46.1 Å². The monoisotopic (exact) mass is 335 g/mol. The Morgan fingerprint density at radius 1 is 1.12 bits per heavy atom. The molecule has 0 radical (unpaired) electrons. The predicted molar refractivity (Wildman–Crippen MR) is 91.0 cm³/mol. The molecule has 1 N–H and O–H groups in total. The molecule has 0 bridgehead atoms. The van der Waals surface area contributed by atoms with Crippen LogP contribution >= 0.6 is 0 Å². The van der Waals surface area contributed by atoms with Crippen LogP contribution < -0.4 is 14.8 Å². The Labute approximate surface area is 142 Å². The minimum absolute atomic E-state index is 0.109. The van der Waals surface area contributed by atoms with Gasteiger partial charge in [-0.05, 0) is 58.2 Å². The Morgan fingerprint density at radius 3 is 2.17 bits per heavy atom. The molecule has 1 aromatic rings. The second kappa shape index (κ2) is 6.34. The van der Waals surface area contributed by atoms with Crippen LogP contribution in [0.3, 0.4) is 0 Å². The first-order chi connectivity index (χ1) is 11.1. The lowest BCUT2D eigenvalue weighted by Crippen LogP contribution is -2.27. The van der Waals surface area contributed by atoms with Gasteiger partial charge in [-0.3, -0.25) is 10.1 Å². The van der Waals surface area contributed by atoms with Gasteiger partial charge in [-0.2, -0.15) is 0 Å². The summed E-state index contributed by atoms with van der Waals surface area (Å²) >= 11 is 0. The molecule has 0 aromatic heterocycles. The van der Waals surface area contributed by atoms with E-state index in [1.807, 2.05) is 0 Å². The highest BCUT2D eigenvalue weighted by Crippen LogP contribution is 2.52. The summed E-state index contributed by atoms with van der Waals surface area (Å²) in [5.74, 6) is 0.970. The Hall–Kier alpha value is -2.24. The summed E-state index contributed by atoms with van der Waals surface area (Å²) in [6.45, 7) is 6.95. The highest BCUT2D eigenvalue weighted by atomic mass is 16.6.